The number of likely N-dealkylation sites (tertiary alicyclic amines) is 1. The Kier molecular flexibility index (Phi) is 7.45. The van der Waals surface area contributed by atoms with E-state index in [1.54, 1.807) is 10.9 Å². The zero-order valence-electron chi connectivity index (χ0n) is 22.0. The summed E-state index contributed by atoms with van der Waals surface area (Å²) in [5, 5.41) is 12.1. The number of hydrogen-bond acceptors (Lipinski definition) is 5. The first-order valence-electron chi connectivity index (χ1n) is 13.7. The Hall–Kier alpha value is -4.30. The summed E-state index contributed by atoms with van der Waals surface area (Å²) in [6, 6.07) is 24.2. The molecule has 39 heavy (non-hydrogen) atoms. The van der Waals surface area contributed by atoms with E-state index in [1.165, 1.54) is 50.0 Å². The van der Waals surface area contributed by atoms with Crippen molar-refractivity contribution in [3.05, 3.63) is 102 Å². The highest BCUT2D eigenvalue weighted by Gasteiger charge is 2.13. The second-order valence-electron chi connectivity index (χ2n) is 10.2. The SMILES string of the molecule is O=C(Cn1cc(-c2cccc3nc(Cc4ccc(CCCN5CCCC5)cc4)nn23)cn1)Nc1ccccc1. The molecular formula is C31H33N7O. The fourth-order valence-electron chi connectivity index (χ4n) is 5.21. The fourth-order valence-corrected chi connectivity index (χ4v) is 5.21. The summed E-state index contributed by atoms with van der Waals surface area (Å²) in [5.41, 5.74) is 5.90. The van der Waals surface area contributed by atoms with Gasteiger partial charge in [0.15, 0.2) is 11.5 Å². The minimum atomic E-state index is -0.130. The molecule has 1 N–H and O–H groups in total. The Morgan fingerprint density at radius 3 is 2.51 bits per heavy atom. The van der Waals surface area contributed by atoms with E-state index in [-0.39, 0.29) is 12.5 Å². The number of nitrogens with zero attached hydrogens (tertiary/aromatic N) is 6. The van der Waals surface area contributed by atoms with Crippen LogP contribution in [0, 0.1) is 0 Å². The first kappa shape index (κ1) is 25.0. The van der Waals surface area contributed by atoms with Crippen molar-refractivity contribution in [2.45, 2.75) is 38.6 Å². The molecule has 1 saturated heterocycles. The predicted molar refractivity (Wildman–Crippen MR) is 153 cm³/mol. The lowest BCUT2D eigenvalue weighted by Gasteiger charge is -2.13. The minimum absolute atomic E-state index is 0.127. The van der Waals surface area contributed by atoms with E-state index in [4.69, 9.17) is 10.1 Å². The third-order valence-electron chi connectivity index (χ3n) is 7.22. The molecule has 1 fully saturated rings. The number of para-hydroxylation sites is 1. The van der Waals surface area contributed by atoms with Gasteiger partial charge in [0, 0.05) is 23.9 Å². The van der Waals surface area contributed by atoms with Gasteiger partial charge in [0.2, 0.25) is 5.91 Å². The molecule has 8 nitrogen and oxygen atoms in total. The molecule has 0 atom stereocenters. The molecule has 0 saturated carbocycles. The number of fused-ring (bicyclic) bond motifs is 1. The number of aromatic nitrogens is 5. The molecule has 0 bridgehead atoms. The molecule has 1 amide bonds. The van der Waals surface area contributed by atoms with E-state index >= 15 is 0 Å². The molecule has 0 unspecified atom stereocenters. The van der Waals surface area contributed by atoms with Crippen molar-refractivity contribution >= 4 is 17.2 Å². The van der Waals surface area contributed by atoms with Crippen molar-refractivity contribution in [3.8, 4) is 11.3 Å². The summed E-state index contributed by atoms with van der Waals surface area (Å²) in [6.45, 7) is 3.86. The molecule has 3 aromatic heterocycles. The molecule has 5 aromatic rings. The number of benzene rings is 2. The largest absolute Gasteiger partial charge is 0.324 e. The van der Waals surface area contributed by atoms with E-state index in [0.29, 0.717) is 6.42 Å². The maximum Gasteiger partial charge on any atom is 0.246 e. The van der Waals surface area contributed by atoms with E-state index in [1.807, 2.05) is 59.2 Å². The van der Waals surface area contributed by atoms with E-state index in [0.717, 1.165) is 34.8 Å². The molecule has 2 aromatic carbocycles. The minimum Gasteiger partial charge on any atom is -0.324 e. The number of anilines is 1. The van der Waals surface area contributed by atoms with Gasteiger partial charge in [0.1, 0.15) is 6.54 Å². The Morgan fingerprint density at radius 1 is 0.897 bits per heavy atom. The van der Waals surface area contributed by atoms with E-state index in [9.17, 15) is 4.79 Å². The van der Waals surface area contributed by atoms with Gasteiger partial charge in [-0.15, -0.1) is 0 Å². The van der Waals surface area contributed by atoms with Gasteiger partial charge in [0.05, 0.1) is 11.9 Å². The van der Waals surface area contributed by atoms with Crippen LogP contribution in [0.15, 0.2) is 85.2 Å². The normalized spacial score (nSPS) is 13.7. The molecule has 8 heteroatoms. The van der Waals surface area contributed by atoms with Gasteiger partial charge in [-0.3, -0.25) is 9.48 Å². The van der Waals surface area contributed by atoms with Crippen molar-refractivity contribution in [2.24, 2.45) is 0 Å². The van der Waals surface area contributed by atoms with Gasteiger partial charge in [-0.1, -0.05) is 48.5 Å². The number of carbonyl (C=O) groups is 1. The molecule has 198 valence electrons. The number of aryl methyl sites for hydroxylation is 1. The summed E-state index contributed by atoms with van der Waals surface area (Å²) in [4.78, 5) is 19.8. The van der Waals surface area contributed by atoms with Crippen molar-refractivity contribution < 1.29 is 4.79 Å². The zero-order valence-corrected chi connectivity index (χ0v) is 22.0. The summed E-state index contributed by atoms with van der Waals surface area (Å²) in [5.74, 6) is 0.647. The Morgan fingerprint density at radius 2 is 1.69 bits per heavy atom. The van der Waals surface area contributed by atoms with Crippen LogP contribution in [0.1, 0.15) is 36.2 Å². The monoisotopic (exact) mass is 519 g/mol. The van der Waals surface area contributed by atoms with Crippen LogP contribution < -0.4 is 5.32 Å². The van der Waals surface area contributed by atoms with Crippen LogP contribution in [-0.4, -0.2) is 54.8 Å². The highest BCUT2D eigenvalue weighted by Crippen LogP contribution is 2.21. The zero-order chi connectivity index (χ0) is 26.4. The number of carbonyl (C=O) groups excluding carboxylic acids is 1. The van der Waals surface area contributed by atoms with Crippen LogP contribution >= 0.6 is 0 Å². The molecule has 0 radical (unpaired) electrons. The fraction of sp³-hybridized carbons (Fsp3) is 0.290. The number of pyridine rings is 1. The Bertz CT molecular complexity index is 1530. The smallest absolute Gasteiger partial charge is 0.246 e. The molecule has 0 aliphatic carbocycles. The lowest BCUT2D eigenvalue weighted by Crippen LogP contribution is -2.20. The van der Waals surface area contributed by atoms with Gasteiger partial charge < -0.3 is 10.2 Å². The van der Waals surface area contributed by atoms with E-state index < -0.39 is 0 Å². The number of rotatable bonds is 10. The maximum atomic E-state index is 12.4. The van der Waals surface area contributed by atoms with Gasteiger partial charge in [-0.05, 0) is 80.7 Å². The van der Waals surface area contributed by atoms with Gasteiger partial charge in [-0.25, -0.2) is 9.50 Å². The van der Waals surface area contributed by atoms with Crippen molar-refractivity contribution in [2.75, 3.05) is 25.0 Å². The number of amides is 1. The average Bonchev–Trinajstić information content (AvgIpc) is 3.71. The lowest BCUT2D eigenvalue weighted by molar-refractivity contribution is -0.116. The highest BCUT2D eigenvalue weighted by molar-refractivity contribution is 5.90. The van der Waals surface area contributed by atoms with Crippen molar-refractivity contribution in [3.63, 3.8) is 0 Å². The molecule has 1 aliphatic heterocycles. The first-order valence-corrected chi connectivity index (χ1v) is 13.7. The third-order valence-corrected chi connectivity index (χ3v) is 7.22. The second kappa shape index (κ2) is 11.6. The molecule has 6 rings (SSSR count). The van der Waals surface area contributed by atoms with Crippen LogP contribution in [0.25, 0.3) is 16.9 Å². The average molecular weight is 520 g/mol. The lowest BCUT2D eigenvalue weighted by atomic mass is 10.1. The summed E-state index contributed by atoms with van der Waals surface area (Å²) in [7, 11) is 0. The molecule has 1 aliphatic rings. The van der Waals surface area contributed by atoms with Crippen LogP contribution in [0.4, 0.5) is 5.69 Å². The second-order valence-corrected chi connectivity index (χ2v) is 10.2. The Labute approximate surface area is 228 Å². The van der Waals surface area contributed by atoms with Gasteiger partial charge >= 0.3 is 0 Å². The van der Waals surface area contributed by atoms with Crippen molar-refractivity contribution in [1.82, 2.24) is 29.3 Å². The number of hydrogen-bond donors (Lipinski definition) is 1. The topological polar surface area (TPSA) is 80.4 Å². The molecule has 0 spiro atoms. The van der Waals surface area contributed by atoms with Crippen molar-refractivity contribution in [1.29, 1.82) is 0 Å². The van der Waals surface area contributed by atoms with Crippen LogP contribution in [-0.2, 0) is 24.2 Å². The highest BCUT2D eigenvalue weighted by atomic mass is 16.2. The van der Waals surface area contributed by atoms with Crippen LogP contribution in [0.5, 0.6) is 0 Å². The molecular weight excluding hydrogens is 486 g/mol. The standard InChI is InChI=1S/C31H33N7O/c39-31(33-27-9-2-1-3-10-27)23-37-22-26(21-32-37)28-11-6-12-30-34-29(35-38(28)30)20-25-15-13-24(14-16-25)8-7-19-36-17-4-5-18-36/h1-3,6,9-16,21-22H,4-5,7-8,17-20,23H2,(H,33,39). The van der Waals surface area contributed by atoms with Crippen LogP contribution in [0.2, 0.25) is 0 Å². The van der Waals surface area contributed by atoms with Gasteiger partial charge in [0.25, 0.3) is 0 Å². The Balaban J connectivity index is 1.10. The summed E-state index contributed by atoms with van der Waals surface area (Å²) in [6.07, 6.45) is 9.33. The molecule has 4 heterocycles. The van der Waals surface area contributed by atoms with Crippen LogP contribution in [0.3, 0.4) is 0 Å². The third kappa shape index (κ3) is 6.23. The summed E-state index contributed by atoms with van der Waals surface area (Å²) < 4.78 is 3.49. The predicted octanol–water partition coefficient (Wildman–Crippen LogP) is 4.85. The number of nitrogens with one attached hydrogen (secondary N) is 1. The quantitative estimate of drug-likeness (QED) is 0.285. The maximum absolute atomic E-state index is 12.4. The summed E-state index contributed by atoms with van der Waals surface area (Å²) >= 11 is 0. The van der Waals surface area contributed by atoms with E-state index in [2.05, 4.69) is 39.6 Å². The van der Waals surface area contributed by atoms with Gasteiger partial charge in [-0.2, -0.15) is 10.2 Å². The first-order chi connectivity index (χ1) is 19.2.